The Bertz CT molecular complexity index is 479. The van der Waals surface area contributed by atoms with Gasteiger partial charge in [0.1, 0.15) is 11.9 Å². The second kappa shape index (κ2) is 7.87. The van der Waals surface area contributed by atoms with Gasteiger partial charge in [0.05, 0.1) is 0 Å². The van der Waals surface area contributed by atoms with Crippen LogP contribution in [0.5, 0.6) is 0 Å². The van der Waals surface area contributed by atoms with E-state index in [1.54, 1.807) is 30.3 Å². The van der Waals surface area contributed by atoms with Gasteiger partial charge in [0.25, 0.3) is 0 Å². The number of nitrogens with one attached hydrogen (secondary N) is 1. The molecule has 0 fully saturated rings. The first-order chi connectivity index (χ1) is 9.81. The van der Waals surface area contributed by atoms with E-state index in [1.165, 1.54) is 0 Å². The summed E-state index contributed by atoms with van der Waals surface area (Å²) in [6.07, 6.45) is -4.61. The zero-order valence-electron chi connectivity index (χ0n) is 10.8. The summed E-state index contributed by atoms with van der Waals surface area (Å²) < 4.78 is 40.3. The highest BCUT2D eigenvalue weighted by molar-refractivity contribution is 6.27. The molecular weight excluding hydrogens is 311 g/mol. The Balaban J connectivity index is 2.72. The molecule has 0 aromatic heterocycles. The number of alkyl halides is 4. The molecule has 0 aliphatic heterocycles. The fourth-order valence-electron chi connectivity index (χ4n) is 1.53. The standard InChI is InChI=1S/C13H13ClF3NO3/c14-7-11(19)18-10(6-9-4-2-1-3-5-9)12(20)21-8-13(15,16)17/h1-5,10H,6-8H2,(H,18,19)/t10-/m1/s1. The first-order valence-electron chi connectivity index (χ1n) is 5.94. The van der Waals surface area contributed by atoms with Crippen LogP contribution < -0.4 is 5.32 Å². The van der Waals surface area contributed by atoms with Crippen LogP contribution in [0.1, 0.15) is 5.56 Å². The van der Waals surface area contributed by atoms with Crippen molar-refractivity contribution in [1.29, 1.82) is 0 Å². The van der Waals surface area contributed by atoms with E-state index >= 15 is 0 Å². The largest absolute Gasteiger partial charge is 0.454 e. The van der Waals surface area contributed by atoms with Gasteiger partial charge in [-0.1, -0.05) is 30.3 Å². The van der Waals surface area contributed by atoms with Gasteiger partial charge in [-0.3, -0.25) is 4.79 Å². The van der Waals surface area contributed by atoms with Crippen molar-refractivity contribution in [3.63, 3.8) is 0 Å². The highest BCUT2D eigenvalue weighted by atomic mass is 35.5. The van der Waals surface area contributed by atoms with Crippen LogP contribution in [0.25, 0.3) is 0 Å². The number of carbonyl (C=O) groups is 2. The third-order valence-electron chi connectivity index (χ3n) is 2.40. The highest BCUT2D eigenvalue weighted by Gasteiger charge is 2.32. The molecule has 1 atom stereocenters. The average molecular weight is 324 g/mol. The normalized spacial score (nSPS) is 12.6. The van der Waals surface area contributed by atoms with Crippen LogP contribution in [0.2, 0.25) is 0 Å². The Morgan fingerprint density at radius 3 is 2.38 bits per heavy atom. The quantitative estimate of drug-likeness (QED) is 0.644. The molecule has 0 unspecified atom stereocenters. The molecule has 21 heavy (non-hydrogen) atoms. The van der Waals surface area contributed by atoms with Gasteiger partial charge in [-0.2, -0.15) is 13.2 Å². The van der Waals surface area contributed by atoms with Crippen LogP contribution in [0.4, 0.5) is 13.2 Å². The number of halogens is 4. The third-order valence-corrected chi connectivity index (χ3v) is 2.64. The summed E-state index contributed by atoms with van der Waals surface area (Å²) in [7, 11) is 0. The molecule has 1 aromatic carbocycles. The second-order valence-corrected chi connectivity index (χ2v) is 4.43. The smallest absolute Gasteiger partial charge is 0.422 e. The Labute approximate surface area is 124 Å². The molecular formula is C13H13ClF3NO3. The van der Waals surface area contributed by atoms with Gasteiger partial charge in [0.15, 0.2) is 6.61 Å². The van der Waals surface area contributed by atoms with Crippen molar-refractivity contribution < 1.29 is 27.5 Å². The first-order valence-corrected chi connectivity index (χ1v) is 6.48. The lowest BCUT2D eigenvalue weighted by molar-refractivity contribution is -0.187. The molecule has 4 nitrogen and oxygen atoms in total. The summed E-state index contributed by atoms with van der Waals surface area (Å²) in [6, 6.07) is 7.29. The lowest BCUT2D eigenvalue weighted by atomic mass is 10.1. The van der Waals surface area contributed by atoms with E-state index < -0.39 is 36.6 Å². The molecule has 0 saturated heterocycles. The highest BCUT2D eigenvalue weighted by Crippen LogP contribution is 2.15. The monoisotopic (exact) mass is 323 g/mol. The van der Waals surface area contributed by atoms with Gasteiger partial charge < -0.3 is 10.1 Å². The van der Waals surface area contributed by atoms with Crippen molar-refractivity contribution in [3.05, 3.63) is 35.9 Å². The molecule has 0 aliphatic carbocycles. The van der Waals surface area contributed by atoms with Gasteiger partial charge in [-0.05, 0) is 5.56 Å². The van der Waals surface area contributed by atoms with Crippen molar-refractivity contribution in [2.24, 2.45) is 0 Å². The van der Waals surface area contributed by atoms with Crippen molar-refractivity contribution in [2.75, 3.05) is 12.5 Å². The molecule has 1 N–H and O–H groups in total. The zero-order valence-corrected chi connectivity index (χ0v) is 11.6. The van der Waals surface area contributed by atoms with E-state index in [0.29, 0.717) is 5.56 Å². The topological polar surface area (TPSA) is 55.4 Å². The summed E-state index contributed by atoms with van der Waals surface area (Å²) in [4.78, 5) is 22.9. The molecule has 1 rings (SSSR count). The van der Waals surface area contributed by atoms with Gasteiger partial charge >= 0.3 is 12.1 Å². The van der Waals surface area contributed by atoms with Crippen LogP contribution in [0.3, 0.4) is 0 Å². The lowest BCUT2D eigenvalue weighted by Crippen LogP contribution is -2.44. The Morgan fingerprint density at radius 2 is 1.86 bits per heavy atom. The second-order valence-electron chi connectivity index (χ2n) is 4.17. The summed E-state index contributed by atoms with van der Waals surface area (Å²) in [5.41, 5.74) is 0.668. The van der Waals surface area contributed by atoms with Crippen LogP contribution in [-0.2, 0) is 20.7 Å². The minimum absolute atomic E-state index is 0.0140. The SMILES string of the molecule is O=C(CCl)N[C@H](Cc1ccccc1)C(=O)OCC(F)(F)F. The predicted molar refractivity (Wildman–Crippen MR) is 69.8 cm³/mol. The number of hydrogen-bond acceptors (Lipinski definition) is 3. The van der Waals surface area contributed by atoms with Crippen LogP contribution in [0.15, 0.2) is 30.3 Å². The van der Waals surface area contributed by atoms with E-state index in [9.17, 15) is 22.8 Å². The minimum Gasteiger partial charge on any atom is -0.454 e. The van der Waals surface area contributed by atoms with E-state index in [-0.39, 0.29) is 6.42 Å². The van der Waals surface area contributed by atoms with Crippen molar-refractivity contribution >= 4 is 23.5 Å². The summed E-state index contributed by atoms with van der Waals surface area (Å²) >= 11 is 5.31. The molecule has 0 saturated carbocycles. The molecule has 0 spiro atoms. The number of carbonyl (C=O) groups excluding carboxylic acids is 2. The molecule has 0 heterocycles. The van der Waals surface area contributed by atoms with E-state index in [1.807, 2.05) is 0 Å². The molecule has 8 heteroatoms. The van der Waals surface area contributed by atoms with Crippen molar-refractivity contribution in [2.45, 2.75) is 18.6 Å². The van der Waals surface area contributed by atoms with E-state index in [2.05, 4.69) is 10.1 Å². The number of ether oxygens (including phenoxy) is 1. The first kappa shape index (κ1) is 17.3. The van der Waals surface area contributed by atoms with Crippen molar-refractivity contribution in [3.8, 4) is 0 Å². The number of benzene rings is 1. The molecule has 0 bridgehead atoms. The minimum atomic E-state index is -4.62. The molecule has 0 radical (unpaired) electrons. The average Bonchev–Trinajstić information content (AvgIpc) is 2.44. The summed E-state index contributed by atoms with van der Waals surface area (Å²) in [5.74, 6) is -2.23. The predicted octanol–water partition coefficient (Wildman–Crippen LogP) is 2.06. The van der Waals surface area contributed by atoms with Crippen LogP contribution in [0, 0.1) is 0 Å². The molecule has 1 amide bonds. The number of hydrogen-bond donors (Lipinski definition) is 1. The molecule has 116 valence electrons. The maximum Gasteiger partial charge on any atom is 0.422 e. The fourth-order valence-corrected chi connectivity index (χ4v) is 1.61. The van der Waals surface area contributed by atoms with Crippen LogP contribution in [-0.4, -0.2) is 36.6 Å². The van der Waals surface area contributed by atoms with E-state index in [4.69, 9.17) is 11.6 Å². The molecule has 0 aliphatic rings. The Kier molecular flexibility index (Phi) is 6.48. The Hall–Kier alpha value is -1.76. The van der Waals surface area contributed by atoms with Gasteiger partial charge in [-0.25, -0.2) is 4.79 Å². The number of amides is 1. The maximum absolute atomic E-state index is 12.0. The van der Waals surface area contributed by atoms with Crippen molar-refractivity contribution in [1.82, 2.24) is 5.32 Å². The fraction of sp³-hybridized carbons (Fsp3) is 0.385. The Morgan fingerprint density at radius 1 is 1.24 bits per heavy atom. The van der Waals surface area contributed by atoms with E-state index in [0.717, 1.165) is 0 Å². The number of esters is 1. The third kappa shape index (κ3) is 6.99. The molecule has 1 aromatic rings. The van der Waals surface area contributed by atoms with Gasteiger partial charge in [0.2, 0.25) is 5.91 Å². The maximum atomic E-state index is 12.0. The number of rotatable bonds is 6. The van der Waals surface area contributed by atoms with Crippen LogP contribution >= 0.6 is 11.6 Å². The zero-order chi connectivity index (χ0) is 15.9. The van der Waals surface area contributed by atoms with Gasteiger partial charge in [0, 0.05) is 6.42 Å². The summed E-state index contributed by atoms with van der Waals surface area (Å²) in [5, 5.41) is 2.24. The van der Waals surface area contributed by atoms with Gasteiger partial charge in [-0.15, -0.1) is 11.6 Å². The lowest BCUT2D eigenvalue weighted by Gasteiger charge is -2.18. The summed E-state index contributed by atoms with van der Waals surface area (Å²) in [6.45, 7) is -1.70.